The summed E-state index contributed by atoms with van der Waals surface area (Å²) in [5.41, 5.74) is 3.05. The third kappa shape index (κ3) is 5.67. The smallest absolute Gasteiger partial charge is 0.251 e. The predicted molar refractivity (Wildman–Crippen MR) is 139 cm³/mol. The number of hydrogen-bond acceptors (Lipinski definition) is 6. The normalized spacial score (nSPS) is 14.5. The first-order valence-electron chi connectivity index (χ1n) is 11.6. The molecule has 0 aliphatic carbocycles. The minimum atomic E-state index is -0.730. The summed E-state index contributed by atoms with van der Waals surface area (Å²) in [5.74, 6) is -0.551. The van der Waals surface area contributed by atoms with Crippen molar-refractivity contribution in [3.63, 3.8) is 0 Å². The number of fused-ring (bicyclic) bond motifs is 1. The van der Waals surface area contributed by atoms with Gasteiger partial charge < -0.3 is 20.3 Å². The Kier molecular flexibility index (Phi) is 7.02. The molecule has 1 fully saturated rings. The average molecular weight is 487 g/mol. The van der Waals surface area contributed by atoms with Gasteiger partial charge in [-0.2, -0.15) is 0 Å². The van der Waals surface area contributed by atoms with Crippen molar-refractivity contribution < 1.29 is 14.3 Å². The van der Waals surface area contributed by atoms with E-state index in [9.17, 15) is 9.59 Å². The van der Waals surface area contributed by atoms with E-state index in [1.165, 1.54) is 0 Å². The number of rotatable bonds is 7. The fourth-order valence-electron chi connectivity index (χ4n) is 4.00. The number of carbonyl (C=O) groups is 2. The van der Waals surface area contributed by atoms with Crippen LogP contribution in [0.5, 0.6) is 0 Å². The first-order chi connectivity index (χ1) is 17.2. The van der Waals surface area contributed by atoms with Crippen LogP contribution in [0.25, 0.3) is 10.2 Å². The third-order valence-corrected chi connectivity index (χ3v) is 6.95. The molecular formula is C27H26N4O3S. The van der Waals surface area contributed by atoms with E-state index in [1.807, 2.05) is 54.6 Å². The van der Waals surface area contributed by atoms with Crippen LogP contribution in [-0.2, 0) is 16.0 Å². The van der Waals surface area contributed by atoms with Crippen molar-refractivity contribution in [2.75, 3.05) is 36.5 Å². The zero-order chi connectivity index (χ0) is 24.0. The molecule has 1 unspecified atom stereocenters. The molecule has 2 N–H and O–H groups in total. The Labute approximate surface area is 207 Å². The molecule has 1 aliphatic rings. The Hall–Kier alpha value is -3.75. The van der Waals surface area contributed by atoms with Crippen LogP contribution in [0.1, 0.15) is 15.9 Å². The van der Waals surface area contributed by atoms with E-state index < -0.39 is 6.04 Å². The van der Waals surface area contributed by atoms with Crippen LogP contribution < -0.4 is 15.5 Å². The zero-order valence-corrected chi connectivity index (χ0v) is 20.0. The maximum Gasteiger partial charge on any atom is 0.251 e. The molecule has 3 aromatic carbocycles. The number of nitrogens with zero attached hydrogens (tertiary/aromatic N) is 2. The van der Waals surface area contributed by atoms with Crippen molar-refractivity contribution >= 4 is 44.2 Å². The highest BCUT2D eigenvalue weighted by Gasteiger charge is 2.23. The minimum Gasteiger partial charge on any atom is -0.378 e. The molecular weight excluding hydrogens is 460 g/mol. The molecule has 178 valence electrons. The lowest BCUT2D eigenvalue weighted by Gasteiger charge is -2.25. The maximum atomic E-state index is 13.3. The van der Waals surface area contributed by atoms with Gasteiger partial charge in [0.05, 0.1) is 23.4 Å². The minimum absolute atomic E-state index is 0.268. The number of nitrogens with one attached hydrogen (secondary N) is 2. The molecule has 35 heavy (non-hydrogen) atoms. The molecule has 0 spiro atoms. The van der Waals surface area contributed by atoms with Crippen LogP contribution in [0, 0.1) is 0 Å². The molecule has 1 saturated heterocycles. The lowest BCUT2D eigenvalue weighted by Crippen LogP contribution is -2.45. The molecule has 1 aliphatic heterocycles. The summed E-state index contributed by atoms with van der Waals surface area (Å²) in [4.78, 5) is 33.1. The van der Waals surface area contributed by atoms with Crippen molar-refractivity contribution in [1.29, 1.82) is 0 Å². The van der Waals surface area contributed by atoms with Crippen molar-refractivity contribution in [1.82, 2.24) is 10.3 Å². The molecule has 7 nitrogen and oxygen atoms in total. The number of benzene rings is 3. The van der Waals surface area contributed by atoms with E-state index in [0.717, 1.165) is 34.0 Å². The summed E-state index contributed by atoms with van der Waals surface area (Å²) in [6.45, 7) is 3.06. The summed E-state index contributed by atoms with van der Waals surface area (Å²) >= 11 is 1.60. The second-order valence-electron chi connectivity index (χ2n) is 8.35. The molecule has 4 aromatic rings. The number of anilines is 2. The topological polar surface area (TPSA) is 83.6 Å². The van der Waals surface area contributed by atoms with E-state index in [4.69, 9.17) is 9.72 Å². The van der Waals surface area contributed by atoms with Crippen LogP contribution in [0.2, 0.25) is 0 Å². The Bertz CT molecular complexity index is 1300. The van der Waals surface area contributed by atoms with Gasteiger partial charge in [-0.3, -0.25) is 9.59 Å². The van der Waals surface area contributed by atoms with Crippen LogP contribution in [-0.4, -0.2) is 49.1 Å². The first-order valence-corrected chi connectivity index (χ1v) is 12.4. The molecule has 5 rings (SSSR count). The van der Waals surface area contributed by atoms with Crippen molar-refractivity contribution in [2.24, 2.45) is 0 Å². The highest BCUT2D eigenvalue weighted by atomic mass is 32.1. The molecule has 0 radical (unpaired) electrons. The van der Waals surface area contributed by atoms with Crippen molar-refractivity contribution in [2.45, 2.75) is 12.5 Å². The second-order valence-corrected chi connectivity index (χ2v) is 9.36. The van der Waals surface area contributed by atoms with E-state index in [2.05, 4.69) is 15.5 Å². The van der Waals surface area contributed by atoms with Gasteiger partial charge in [0, 0.05) is 30.8 Å². The Balaban J connectivity index is 1.33. The molecule has 0 saturated carbocycles. The van der Waals surface area contributed by atoms with Gasteiger partial charge in [0.2, 0.25) is 5.91 Å². The van der Waals surface area contributed by atoms with Crippen molar-refractivity contribution in [3.05, 3.63) is 90.0 Å². The molecule has 1 aromatic heterocycles. The van der Waals surface area contributed by atoms with Gasteiger partial charge in [-0.25, -0.2) is 4.98 Å². The van der Waals surface area contributed by atoms with Crippen LogP contribution >= 0.6 is 11.3 Å². The van der Waals surface area contributed by atoms with Crippen LogP contribution in [0.15, 0.2) is 78.9 Å². The van der Waals surface area contributed by atoms with Gasteiger partial charge in [0.25, 0.3) is 5.91 Å². The molecule has 8 heteroatoms. The van der Waals surface area contributed by atoms with Gasteiger partial charge >= 0.3 is 0 Å². The number of hydrogen-bond donors (Lipinski definition) is 2. The van der Waals surface area contributed by atoms with E-state index in [0.29, 0.717) is 30.9 Å². The monoisotopic (exact) mass is 486 g/mol. The SMILES string of the molecule is O=C(NC(Cc1ccccc1)C(=O)Nc1ccc2nc(N3CCOCC3)sc2c1)c1ccccc1. The van der Waals surface area contributed by atoms with Gasteiger partial charge in [0.15, 0.2) is 5.13 Å². The molecule has 2 heterocycles. The number of thiazole rings is 1. The Morgan fingerprint density at radius 3 is 2.43 bits per heavy atom. The number of morpholine rings is 1. The molecule has 0 bridgehead atoms. The highest BCUT2D eigenvalue weighted by Crippen LogP contribution is 2.31. The van der Waals surface area contributed by atoms with Gasteiger partial charge in [-0.15, -0.1) is 0 Å². The number of carbonyl (C=O) groups excluding carboxylic acids is 2. The zero-order valence-electron chi connectivity index (χ0n) is 19.1. The molecule has 1 atom stereocenters. The van der Waals surface area contributed by atoms with Gasteiger partial charge in [0.1, 0.15) is 6.04 Å². The van der Waals surface area contributed by atoms with E-state index in [1.54, 1.807) is 35.6 Å². The number of aromatic nitrogens is 1. The standard InChI is InChI=1S/C27H26N4O3S/c32-25(20-9-5-2-6-10-20)29-23(17-19-7-3-1-4-8-19)26(33)28-21-11-12-22-24(18-21)35-27(30-22)31-13-15-34-16-14-31/h1-12,18,23H,13-17H2,(H,28,33)(H,29,32). The molecule has 2 amide bonds. The summed E-state index contributed by atoms with van der Waals surface area (Å²) in [5, 5.41) is 6.86. The average Bonchev–Trinajstić information content (AvgIpc) is 3.33. The predicted octanol–water partition coefficient (Wildman–Crippen LogP) is 4.11. The number of ether oxygens (including phenoxy) is 1. The lowest BCUT2D eigenvalue weighted by molar-refractivity contribution is -0.118. The first kappa shape index (κ1) is 23.0. The fourth-order valence-corrected chi connectivity index (χ4v) is 5.06. The van der Waals surface area contributed by atoms with Crippen LogP contribution in [0.3, 0.4) is 0 Å². The lowest BCUT2D eigenvalue weighted by atomic mass is 10.0. The van der Waals surface area contributed by atoms with Crippen LogP contribution in [0.4, 0.5) is 10.8 Å². The third-order valence-electron chi connectivity index (χ3n) is 5.87. The van der Waals surface area contributed by atoms with Crippen molar-refractivity contribution in [3.8, 4) is 0 Å². The Morgan fingerprint density at radius 1 is 0.971 bits per heavy atom. The fraction of sp³-hybridized carbons (Fsp3) is 0.222. The Morgan fingerprint density at radius 2 is 1.69 bits per heavy atom. The highest BCUT2D eigenvalue weighted by molar-refractivity contribution is 7.22. The summed E-state index contributed by atoms with van der Waals surface area (Å²) < 4.78 is 6.43. The van der Waals surface area contributed by atoms with E-state index in [-0.39, 0.29) is 11.8 Å². The van der Waals surface area contributed by atoms with E-state index >= 15 is 0 Å². The number of amides is 2. The summed E-state index contributed by atoms with van der Waals surface area (Å²) in [6.07, 6.45) is 0.384. The van der Waals surface area contributed by atoms with Gasteiger partial charge in [-0.05, 0) is 35.9 Å². The summed E-state index contributed by atoms with van der Waals surface area (Å²) in [7, 11) is 0. The van der Waals surface area contributed by atoms with Gasteiger partial charge in [-0.1, -0.05) is 59.9 Å². The second kappa shape index (κ2) is 10.7. The summed E-state index contributed by atoms with van der Waals surface area (Å²) in [6, 6.07) is 23.6. The largest absolute Gasteiger partial charge is 0.378 e. The quantitative estimate of drug-likeness (QED) is 0.411. The maximum absolute atomic E-state index is 13.3.